The number of aliphatic hydroxyl groups is 1. The van der Waals surface area contributed by atoms with Gasteiger partial charge in [0.25, 0.3) is 0 Å². The van der Waals surface area contributed by atoms with E-state index >= 15 is 0 Å². The fourth-order valence-corrected chi connectivity index (χ4v) is 2.01. The normalized spacial score (nSPS) is 12.3. The molecule has 1 aromatic carbocycles. The van der Waals surface area contributed by atoms with Crippen molar-refractivity contribution in [1.29, 1.82) is 0 Å². The van der Waals surface area contributed by atoms with Crippen molar-refractivity contribution < 1.29 is 18.3 Å². The molecule has 0 saturated heterocycles. The van der Waals surface area contributed by atoms with Crippen molar-refractivity contribution in [3.63, 3.8) is 0 Å². The molecule has 0 fully saturated rings. The van der Waals surface area contributed by atoms with Crippen LogP contribution in [-0.2, 0) is 12.8 Å². The average molecular weight is 233 g/mol. The minimum Gasteiger partial charge on any atom is -0.392 e. The van der Waals surface area contributed by atoms with Gasteiger partial charge in [-0.25, -0.2) is 4.98 Å². The molecule has 1 aromatic heterocycles. The molecule has 0 saturated carbocycles. The minimum atomic E-state index is -4.40. The standard InChI is InChI=1S/C9H6F3NOS/c10-9(11,12)8-13-6-3-5(4-14)1-2-7(6)15-8/h1-3,14H,4H2. The second-order valence-corrected chi connectivity index (χ2v) is 4.01. The first-order chi connectivity index (χ1) is 7.00. The molecular weight excluding hydrogens is 227 g/mol. The topological polar surface area (TPSA) is 33.1 Å². The summed E-state index contributed by atoms with van der Waals surface area (Å²) < 4.78 is 37.4. The summed E-state index contributed by atoms with van der Waals surface area (Å²) in [6, 6.07) is 4.58. The Morgan fingerprint density at radius 2 is 2.07 bits per heavy atom. The Hall–Kier alpha value is -1.14. The van der Waals surface area contributed by atoms with Crippen LogP contribution in [0.3, 0.4) is 0 Å². The van der Waals surface area contributed by atoms with Crippen LogP contribution in [-0.4, -0.2) is 10.1 Å². The van der Waals surface area contributed by atoms with Crippen molar-refractivity contribution in [2.24, 2.45) is 0 Å². The van der Waals surface area contributed by atoms with Crippen LogP contribution in [0, 0.1) is 0 Å². The van der Waals surface area contributed by atoms with Crippen LogP contribution in [0.4, 0.5) is 13.2 Å². The molecule has 0 amide bonds. The summed E-state index contributed by atoms with van der Waals surface area (Å²) in [6.45, 7) is -0.200. The zero-order chi connectivity index (χ0) is 11.1. The van der Waals surface area contributed by atoms with E-state index in [-0.39, 0.29) is 12.1 Å². The molecule has 0 radical (unpaired) electrons. The van der Waals surface area contributed by atoms with Gasteiger partial charge in [0, 0.05) is 0 Å². The largest absolute Gasteiger partial charge is 0.443 e. The van der Waals surface area contributed by atoms with Gasteiger partial charge in [0.2, 0.25) is 0 Å². The number of nitrogens with zero attached hydrogens (tertiary/aromatic N) is 1. The molecule has 1 heterocycles. The quantitative estimate of drug-likeness (QED) is 0.821. The van der Waals surface area contributed by atoms with Gasteiger partial charge in [-0.15, -0.1) is 11.3 Å². The molecule has 1 N–H and O–H groups in total. The molecule has 0 aliphatic rings. The minimum absolute atomic E-state index is 0.200. The maximum absolute atomic E-state index is 12.3. The average Bonchev–Trinajstić information content (AvgIpc) is 2.59. The summed E-state index contributed by atoms with van der Waals surface area (Å²) in [5.41, 5.74) is 0.834. The first-order valence-corrected chi connectivity index (χ1v) is 4.90. The fourth-order valence-electron chi connectivity index (χ4n) is 1.19. The number of halogens is 3. The molecule has 2 nitrogen and oxygen atoms in total. The van der Waals surface area contributed by atoms with Crippen molar-refractivity contribution in [2.75, 3.05) is 0 Å². The third-order valence-corrected chi connectivity index (χ3v) is 2.96. The van der Waals surface area contributed by atoms with E-state index in [9.17, 15) is 13.2 Å². The molecule has 6 heteroatoms. The number of thiazole rings is 1. The summed E-state index contributed by atoms with van der Waals surface area (Å²) in [5, 5.41) is 7.96. The van der Waals surface area contributed by atoms with Crippen molar-refractivity contribution in [3.05, 3.63) is 28.8 Å². The monoisotopic (exact) mass is 233 g/mol. The number of rotatable bonds is 1. The van der Waals surface area contributed by atoms with Crippen molar-refractivity contribution in [3.8, 4) is 0 Å². The molecule has 0 unspecified atom stereocenters. The molecule has 0 spiro atoms. The van der Waals surface area contributed by atoms with Crippen LogP contribution in [0.5, 0.6) is 0 Å². The van der Waals surface area contributed by atoms with E-state index in [2.05, 4.69) is 4.98 Å². The summed E-state index contributed by atoms with van der Waals surface area (Å²) in [4.78, 5) is 3.47. The summed E-state index contributed by atoms with van der Waals surface area (Å²) in [6.07, 6.45) is -4.40. The van der Waals surface area contributed by atoms with E-state index in [0.717, 1.165) is 0 Å². The second kappa shape index (κ2) is 3.46. The van der Waals surface area contributed by atoms with E-state index < -0.39 is 11.2 Å². The van der Waals surface area contributed by atoms with Crippen molar-refractivity contribution >= 4 is 21.6 Å². The van der Waals surface area contributed by atoms with Gasteiger partial charge < -0.3 is 5.11 Å². The van der Waals surface area contributed by atoms with Gasteiger partial charge in [-0.2, -0.15) is 13.2 Å². The van der Waals surface area contributed by atoms with Gasteiger partial charge in [-0.1, -0.05) is 6.07 Å². The number of benzene rings is 1. The fraction of sp³-hybridized carbons (Fsp3) is 0.222. The highest BCUT2D eigenvalue weighted by atomic mass is 32.1. The van der Waals surface area contributed by atoms with Gasteiger partial charge >= 0.3 is 6.18 Å². The van der Waals surface area contributed by atoms with E-state index in [1.165, 1.54) is 12.1 Å². The summed E-state index contributed by atoms with van der Waals surface area (Å²) in [7, 11) is 0. The Morgan fingerprint density at radius 3 is 2.67 bits per heavy atom. The lowest BCUT2D eigenvalue weighted by Crippen LogP contribution is -2.03. The molecule has 0 bridgehead atoms. The highest BCUT2D eigenvalue weighted by Gasteiger charge is 2.34. The first kappa shape index (κ1) is 10.4. The summed E-state index contributed by atoms with van der Waals surface area (Å²) >= 11 is 0.606. The Morgan fingerprint density at radius 1 is 1.33 bits per heavy atom. The number of fused-ring (bicyclic) bond motifs is 1. The van der Waals surface area contributed by atoms with Crippen LogP contribution in [0.2, 0.25) is 0 Å². The van der Waals surface area contributed by atoms with Gasteiger partial charge in [0.1, 0.15) is 0 Å². The number of alkyl halides is 3. The molecule has 15 heavy (non-hydrogen) atoms. The molecule has 2 rings (SSSR count). The number of aliphatic hydroxyl groups excluding tert-OH is 1. The number of hydrogen-bond donors (Lipinski definition) is 1. The molecule has 0 aliphatic carbocycles. The lowest BCUT2D eigenvalue weighted by Gasteiger charge is -1.98. The number of aromatic nitrogens is 1. The highest BCUT2D eigenvalue weighted by Crippen LogP contribution is 2.35. The summed E-state index contributed by atoms with van der Waals surface area (Å²) in [5.74, 6) is 0. The molecule has 0 atom stereocenters. The second-order valence-electron chi connectivity index (χ2n) is 2.98. The third-order valence-electron chi connectivity index (χ3n) is 1.88. The lowest BCUT2D eigenvalue weighted by molar-refractivity contribution is -0.137. The van der Waals surface area contributed by atoms with E-state index in [0.29, 0.717) is 21.6 Å². The van der Waals surface area contributed by atoms with Gasteiger partial charge in [-0.3, -0.25) is 0 Å². The van der Waals surface area contributed by atoms with Gasteiger partial charge in [-0.05, 0) is 17.7 Å². The molecule has 80 valence electrons. The van der Waals surface area contributed by atoms with Crippen LogP contribution >= 0.6 is 11.3 Å². The smallest absolute Gasteiger partial charge is 0.392 e. The zero-order valence-electron chi connectivity index (χ0n) is 7.38. The van der Waals surface area contributed by atoms with Gasteiger partial charge in [0.05, 0.1) is 16.8 Å². The van der Waals surface area contributed by atoms with Crippen LogP contribution in [0.15, 0.2) is 18.2 Å². The molecule has 0 aliphatic heterocycles. The maximum Gasteiger partial charge on any atom is 0.443 e. The van der Waals surface area contributed by atoms with Crippen LogP contribution < -0.4 is 0 Å². The lowest BCUT2D eigenvalue weighted by atomic mass is 10.2. The predicted octanol–water partition coefficient (Wildman–Crippen LogP) is 2.81. The van der Waals surface area contributed by atoms with E-state index in [1.54, 1.807) is 6.07 Å². The van der Waals surface area contributed by atoms with Crippen LogP contribution in [0.25, 0.3) is 10.2 Å². The zero-order valence-corrected chi connectivity index (χ0v) is 8.19. The highest BCUT2D eigenvalue weighted by molar-refractivity contribution is 7.18. The predicted molar refractivity (Wildman–Crippen MR) is 50.5 cm³/mol. The van der Waals surface area contributed by atoms with E-state index in [1.807, 2.05) is 0 Å². The first-order valence-electron chi connectivity index (χ1n) is 4.08. The van der Waals surface area contributed by atoms with Crippen LogP contribution in [0.1, 0.15) is 10.6 Å². The van der Waals surface area contributed by atoms with Crippen molar-refractivity contribution in [2.45, 2.75) is 12.8 Å². The third kappa shape index (κ3) is 1.95. The Kier molecular flexibility index (Phi) is 2.40. The Balaban J connectivity index is 2.56. The van der Waals surface area contributed by atoms with E-state index in [4.69, 9.17) is 5.11 Å². The maximum atomic E-state index is 12.3. The Bertz CT molecular complexity index is 492. The number of hydrogen-bond acceptors (Lipinski definition) is 3. The molecular formula is C9H6F3NOS. The van der Waals surface area contributed by atoms with Gasteiger partial charge in [0.15, 0.2) is 5.01 Å². The SMILES string of the molecule is OCc1ccc2sc(C(F)(F)F)nc2c1. The Labute approximate surface area is 87.0 Å². The van der Waals surface area contributed by atoms with Crippen molar-refractivity contribution in [1.82, 2.24) is 4.98 Å². The molecule has 2 aromatic rings.